The summed E-state index contributed by atoms with van der Waals surface area (Å²) in [7, 11) is 1.68. The summed E-state index contributed by atoms with van der Waals surface area (Å²) < 4.78 is 10.7. The third-order valence-electron chi connectivity index (χ3n) is 2.73. The minimum atomic E-state index is 0.655. The van der Waals surface area contributed by atoms with Crippen molar-refractivity contribution in [3.63, 3.8) is 0 Å². The van der Waals surface area contributed by atoms with Crippen LogP contribution in [0.4, 0.5) is 0 Å². The minimum absolute atomic E-state index is 0.655. The zero-order valence-corrected chi connectivity index (χ0v) is 10.6. The summed E-state index contributed by atoms with van der Waals surface area (Å²) >= 11 is 0. The number of furan rings is 1. The topological polar surface area (TPSA) is 34.4 Å². The lowest BCUT2D eigenvalue weighted by Gasteiger charge is -2.06. The average molecular weight is 233 g/mol. The molecule has 17 heavy (non-hydrogen) atoms. The Bertz CT molecular complexity index is 488. The van der Waals surface area contributed by atoms with Gasteiger partial charge in [-0.2, -0.15) is 0 Å². The van der Waals surface area contributed by atoms with Gasteiger partial charge in [-0.1, -0.05) is 13.8 Å². The van der Waals surface area contributed by atoms with Gasteiger partial charge in [-0.25, -0.2) is 0 Å². The third kappa shape index (κ3) is 2.80. The smallest absolute Gasteiger partial charge is 0.134 e. The van der Waals surface area contributed by atoms with Crippen molar-refractivity contribution in [3.8, 4) is 5.75 Å². The van der Waals surface area contributed by atoms with Crippen molar-refractivity contribution in [1.29, 1.82) is 0 Å². The highest BCUT2D eigenvalue weighted by Crippen LogP contribution is 2.25. The SMILES string of the molecule is COc1ccc2occ(CNCC(C)C)c2c1. The van der Waals surface area contributed by atoms with Gasteiger partial charge in [0.05, 0.1) is 13.4 Å². The fourth-order valence-electron chi connectivity index (χ4n) is 1.82. The standard InChI is InChI=1S/C14H19NO2/c1-10(2)7-15-8-11-9-17-14-5-4-12(16-3)6-13(11)14/h4-6,9-10,15H,7-8H2,1-3H3. The summed E-state index contributed by atoms with van der Waals surface area (Å²) in [6.45, 7) is 6.24. The van der Waals surface area contributed by atoms with E-state index in [2.05, 4.69) is 19.2 Å². The lowest BCUT2D eigenvalue weighted by atomic mass is 10.1. The maximum atomic E-state index is 5.51. The van der Waals surface area contributed by atoms with Gasteiger partial charge in [0, 0.05) is 17.5 Å². The molecule has 0 amide bonds. The third-order valence-corrected chi connectivity index (χ3v) is 2.73. The van der Waals surface area contributed by atoms with Gasteiger partial charge in [-0.05, 0) is 30.7 Å². The molecule has 0 aliphatic carbocycles. The van der Waals surface area contributed by atoms with Gasteiger partial charge in [0.15, 0.2) is 0 Å². The van der Waals surface area contributed by atoms with E-state index >= 15 is 0 Å². The number of hydrogen-bond donors (Lipinski definition) is 1. The normalized spacial score (nSPS) is 11.3. The molecule has 3 nitrogen and oxygen atoms in total. The first-order valence-corrected chi connectivity index (χ1v) is 5.95. The molecule has 0 aliphatic heterocycles. The predicted molar refractivity (Wildman–Crippen MR) is 69.3 cm³/mol. The Labute approximate surface area is 102 Å². The van der Waals surface area contributed by atoms with E-state index in [1.165, 1.54) is 5.56 Å². The van der Waals surface area contributed by atoms with E-state index in [1.807, 2.05) is 24.5 Å². The van der Waals surface area contributed by atoms with Crippen molar-refractivity contribution >= 4 is 11.0 Å². The Morgan fingerprint density at radius 1 is 1.35 bits per heavy atom. The first-order valence-electron chi connectivity index (χ1n) is 5.95. The molecule has 0 saturated carbocycles. The Balaban J connectivity index is 2.16. The monoisotopic (exact) mass is 233 g/mol. The van der Waals surface area contributed by atoms with E-state index in [4.69, 9.17) is 9.15 Å². The van der Waals surface area contributed by atoms with Crippen molar-refractivity contribution in [3.05, 3.63) is 30.0 Å². The molecule has 0 spiro atoms. The van der Waals surface area contributed by atoms with E-state index in [9.17, 15) is 0 Å². The van der Waals surface area contributed by atoms with E-state index in [1.54, 1.807) is 7.11 Å². The maximum Gasteiger partial charge on any atom is 0.134 e. The van der Waals surface area contributed by atoms with Gasteiger partial charge in [0.25, 0.3) is 0 Å². The molecule has 0 aliphatic rings. The van der Waals surface area contributed by atoms with Crippen LogP contribution >= 0.6 is 0 Å². The molecule has 1 N–H and O–H groups in total. The molecule has 1 heterocycles. The number of rotatable bonds is 5. The van der Waals surface area contributed by atoms with Crippen LogP contribution in [0.1, 0.15) is 19.4 Å². The number of fused-ring (bicyclic) bond motifs is 1. The van der Waals surface area contributed by atoms with Gasteiger partial charge >= 0.3 is 0 Å². The van der Waals surface area contributed by atoms with Crippen LogP contribution in [0.5, 0.6) is 5.75 Å². The summed E-state index contributed by atoms with van der Waals surface area (Å²) in [5.74, 6) is 1.52. The molecule has 0 radical (unpaired) electrons. The molecule has 3 heteroatoms. The van der Waals surface area contributed by atoms with Crippen molar-refractivity contribution in [2.45, 2.75) is 20.4 Å². The van der Waals surface area contributed by atoms with E-state index in [0.29, 0.717) is 5.92 Å². The highest BCUT2D eigenvalue weighted by Gasteiger charge is 2.06. The Hall–Kier alpha value is -1.48. The molecule has 2 rings (SSSR count). The fraction of sp³-hybridized carbons (Fsp3) is 0.429. The highest BCUT2D eigenvalue weighted by molar-refractivity contribution is 5.82. The van der Waals surface area contributed by atoms with Gasteiger partial charge in [-0.15, -0.1) is 0 Å². The molecule has 0 unspecified atom stereocenters. The molecular weight excluding hydrogens is 214 g/mol. The van der Waals surface area contributed by atoms with Crippen LogP contribution < -0.4 is 10.1 Å². The van der Waals surface area contributed by atoms with Crippen LogP contribution in [-0.4, -0.2) is 13.7 Å². The summed E-state index contributed by atoms with van der Waals surface area (Å²) in [6, 6.07) is 5.88. The number of nitrogens with one attached hydrogen (secondary N) is 1. The van der Waals surface area contributed by atoms with Crippen LogP contribution in [0.15, 0.2) is 28.9 Å². The molecule has 1 aromatic carbocycles. The van der Waals surface area contributed by atoms with Crippen molar-refractivity contribution in [1.82, 2.24) is 5.32 Å². The highest BCUT2D eigenvalue weighted by atomic mass is 16.5. The summed E-state index contributed by atoms with van der Waals surface area (Å²) in [4.78, 5) is 0. The molecule has 0 fully saturated rings. The molecule has 1 aromatic heterocycles. The largest absolute Gasteiger partial charge is 0.497 e. The molecule has 92 valence electrons. The van der Waals surface area contributed by atoms with E-state index < -0.39 is 0 Å². The van der Waals surface area contributed by atoms with Gasteiger partial charge < -0.3 is 14.5 Å². The zero-order valence-electron chi connectivity index (χ0n) is 10.6. The lowest BCUT2D eigenvalue weighted by molar-refractivity contribution is 0.415. The van der Waals surface area contributed by atoms with Crippen LogP contribution in [0.2, 0.25) is 0 Å². The second-order valence-corrected chi connectivity index (χ2v) is 4.65. The van der Waals surface area contributed by atoms with Crippen LogP contribution in [-0.2, 0) is 6.54 Å². The fourth-order valence-corrected chi connectivity index (χ4v) is 1.82. The summed E-state index contributed by atoms with van der Waals surface area (Å²) in [5, 5.41) is 4.54. The second kappa shape index (κ2) is 5.23. The minimum Gasteiger partial charge on any atom is -0.497 e. The number of methoxy groups -OCH3 is 1. The first-order chi connectivity index (χ1) is 8.20. The number of benzene rings is 1. The summed E-state index contributed by atoms with van der Waals surface area (Å²) in [5.41, 5.74) is 2.09. The van der Waals surface area contributed by atoms with Crippen molar-refractivity contribution in [2.24, 2.45) is 5.92 Å². The Kier molecular flexibility index (Phi) is 3.69. The molecular formula is C14H19NO2. The number of hydrogen-bond acceptors (Lipinski definition) is 3. The summed E-state index contributed by atoms with van der Waals surface area (Å²) in [6.07, 6.45) is 1.82. The van der Waals surface area contributed by atoms with Crippen molar-refractivity contribution < 1.29 is 9.15 Å². The van der Waals surface area contributed by atoms with Crippen LogP contribution in [0, 0.1) is 5.92 Å². The zero-order chi connectivity index (χ0) is 12.3. The van der Waals surface area contributed by atoms with E-state index in [0.717, 1.165) is 29.8 Å². The Morgan fingerprint density at radius 3 is 2.88 bits per heavy atom. The van der Waals surface area contributed by atoms with Gasteiger partial charge in [0.1, 0.15) is 11.3 Å². The predicted octanol–water partition coefficient (Wildman–Crippen LogP) is 3.19. The molecule has 0 saturated heterocycles. The van der Waals surface area contributed by atoms with Gasteiger partial charge in [-0.3, -0.25) is 0 Å². The van der Waals surface area contributed by atoms with Crippen molar-refractivity contribution in [2.75, 3.05) is 13.7 Å². The maximum absolute atomic E-state index is 5.51. The quantitative estimate of drug-likeness (QED) is 0.861. The Morgan fingerprint density at radius 2 is 2.18 bits per heavy atom. The van der Waals surface area contributed by atoms with Gasteiger partial charge in [0.2, 0.25) is 0 Å². The molecule has 0 bridgehead atoms. The molecule has 2 aromatic rings. The molecule has 0 atom stereocenters. The number of ether oxygens (including phenoxy) is 1. The van der Waals surface area contributed by atoms with Crippen LogP contribution in [0.25, 0.3) is 11.0 Å². The van der Waals surface area contributed by atoms with Crippen LogP contribution in [0.3, 0.4) is 0 Å². The lowest BCUT2D eigenvalue weighted by Crippen LogP contribution is -2.18. The van der Waals surface area contributed by atoms with E-state index in [-0.39, 0.29) is 0 Å². The first kappa shape index (κ1) is 12.0. The average Bonchev–Trinajstić information content (AvgIpc) is 2.71. The second-order valence-electron chi connectivity index (χ2n) is 4.65.